The molecule has 0 aromatic rings. The fourth-order valence-electron chi connectivity index (χ4n) is 1.42. The third-order valence-electron chi connectivity index (χ3n) is 2.50. The van der Waals surface area contributed by atoms with Crippen LogP contribution in [0.2, 0.25) is 0 Å². The summed E-state index contributed by atoms with van der Waals surface area (Å²) in [7, 11) is 0. The minimum atomic E-state index is 0.714. The van der Waals surface area contributed by atoms with Crippen LogP contribution in [0, 0.1) is 5.92 Å². The van der Waals surface area contributed by atoms with Gasteiger partial charge in [0.25, 0.3) is 0 Å². The summed E-state index contributed by atoms with van der Waals surface area (Å²) < 4.78 is 10.7. The summed E-state index contributed by atoms with van der Waals surface area (Å²) in [5.74, 6) is 1.75. The van der Waals surface area contributed by atoms with Crippen molar-refractivity contribution in [2.75, 3.05) is 32.2 Å². The Morgan fingerprint density at radius 1 is 1.00 bits per heavy atom. The Balaban J connectivity index is 1.68. The van der Waals surface area contributed by atoms with Crippen molar-refractivity contribution < 1.29 is 9.47 Å². The zero-order valence-corrected chi connectivity index (χ0v) is 9.10. The molecule has 0 amide bonds. The fraction of sp³-hybridized carbons (Fsp3) is 1.00. The van der Waals surface area contributed by atoms with Crippen molar-refractivity contribution in [1.82, 2.24) is 0 Å². The van der Waals surface area contributed by atoms with Gasteiger partial charge >= 0.3 is 0 Å². The Morgan fingerprint density at radius 3 is 2.23 bits per heavy atom. The molecule has 1 aliphatic rings. The summed E-state index contributed by atoms with van der Waals surface area (Å²) in [4.78, 5) is 0. The highest BCUT2D eigenvalue weighted by atomic mass is 32.1. The Bertz CT molecular complexity index is 115. The van der Waals surface area contributed by atoms with Crippen LogP contribution in [0.15, 0.2) is 0 Å². The minimum Gasteiger partial charge on any atom is -0.379 e. The molecular formula is C10H20O2S. The lowest BCUT2D eigenvalue weighted by atomic mass is 9.83. The predicted octanol–water partition coefficient (Wildman–Crippen LogP) is 2.14. The second-order valence-corrected chi connectivity index (χ2v) is 3.98. The van der Waals surface area contributed by atoms with Crippen LogP contribution in [-0.2, 0) is 9.47 Å². The van der Waals surface area contributed by atoms with Crippen LogP contribution < -0.4 is 0 Å². The topological polar surface area (TPSA) is 18.5 Å². The van der Waals surface area contributed by atoms with E-state index in [1.54, 1.807) is 0 Å². The lowest BCUT2D eigenvalue weighted by Gasteiger charge is -2.24. The molecule has 0 N–H and O–H groups in total. The van der Waals surface area contributed by atoms with E-state index in [1.165, 1.54) is 25.7 Å². The van der Waals surface area contributed by atoms with E-state index in [-0.39, 0.29) is 0 Å². The highest BCUT2D eigenvalue weighted by Gasteiger charge is 2.16. The van der Waals surface area contributed by atoms with Crippen LogP contribution in [0.1, 0.15) is 25.7 Å². The van der Waals surface area contributed by atoms with E-state index in [9.17, 15) is 0 Å². The first-order valence-electron chi connectivity index (χ1n) is 5.20. The minimum absolute atomic E-state index is 0.714. The quantitative estimate of drug-likeness (QED) is 0.482. The first kappa shape index (κ1) is 11.3. The summed E-state index contributed by atoms with van der Waals surface area (Å²) in [5, 5.41) is 0. The van der Waals surface area contributed by atoms with Gasteiger partial charge in [-0.1, -0.05) is 19.3 Å². The molecule has 0 atom stereocenters. The van der Waals surface area contributed by atoms with Gasteiger partial charge in [-0.05, 0) is 12.3 Å². The highest BCUT2D eigenvalue weighted by Crippen LogP contribution is 2.28. The molecule has 0 spiro atoms. The van der Waals surface area contributed by atoms with Gasteiger partial charge < -0.3 is 9.47 Å². The smallest absolute Gasteiger partial charge is 0.0700 e. The average Bonchev–Trinajstić information content (AvgIpc) is 2.07. The van der Waals surface area contributed by atoms with E-state index in [1.807, 2.05) is 0 Å². The molecule has 0 unspecified atom stereocenters. The van der Waals surface area contributed by atoms with Crippen LogP contribution in [0.3, 0.4) is 0 Å². The van der Waals surface area contributed by atoms with Crippen molar-refractivity contribution in [3.8, 4) is 0 Å². The average molecular weight is 204 g/mol. The van der Waals surface area contributed by atoms with Crippen LogP contribution >= 0.6 is 12.6 Å². The molecular weight excluding hydrogens is 184 g/mol. The predicted molar refractivity (Wildman–Crippen MR) is 57.4 cm³/mol. The Morgan fingerprint density at radius 2 is 1.69 bits per heavy atom. The second kappa shape index (κ2) is 7.65. The van der Waals surface area contributed by atoms with Gasteiger partial charge in [-0.3, -0.25) is 0 Å². The van der Waals surface area contributed by atoms with E-state index in [0.29, 0.717) is 6.61 Å². The maximum atomic E-state index is 5.44. The summed E-state index contributed by atoms with van der Waals surface area (Å²) in [5.41, 5.74) is 0. The van der Waals surface area contributed by atoms with Crippen molar-refractivity contribution in [1.29, 1.82) is 0 Å². The number of hydrogen-bond donors (Lipinski definition) is 1. The Kier molecular flexibility index (Phi) is 6.68. The molecule has 13 heavy (non-hydrogen) atoms. The van der Waals surface area contributed by atoms with Gasteiger partial charge in [-0.2, -0.15) is 12.6 Å². The molecule has 0 saturated heterocycles. The monoisotopic (exact) mass is 204 g/mol. The van der Waals surface area contributed by atoms with Crippen LogP contribution in [0.5, 0.6) is 0 Å². The zero-order chi connectivity index (χ0) is 9.36. The normalized spacial score (nSPS) is 17.3. The van der Waals surface area contributed by atoms with Crippen LogP contribution in [0.4, 0.5) is 0 Å². The van der Waals surface area contributed by atoms with E-state index >= 15 is 0 Å². The van der Waals surface area contributed by atoms with Gasteiger partial charge in [-0.15, -0.1) is 0 Å². The van der Waals surface area contributed by atoms with Gasteiger partial charge in [0.05, 0.1) is 19.8 Å². The molecule has 0 aromatic carbocycles. The van der Waals surface area contributed by atoms with E-state index < -0.39 is 0 Å². The van der Waals surface area contributed by atoms with Gasteiger partial charge in [0, 0.05) is 12.4 Å². The van der Waals surface area contributed by atoms with E-state index in [0.717, 1.165) is 31.5 Å². The van der Waals surface area contributed by atoms with Gasteiger partial charge in [0.2, 0.25) is 0 Å². The highest BCUT2D eigenvalue weighted by molar-refractivity contribution is 7.80. The first-order valence-corrected chi connectivity index (χ1v) is 5.83. The van der Waals surface area contributed by atoms with E-state index in [2.05, 4.69) is 12.6 Å². The molecule has 78 valence electrons. The molecule has 1 saturated carbocycles. The molecule has 0 aromatic heterocycles. The fourth-order valence-corrected chi connectivity index (χ4v) is 1.55. The largest absolute Gasteiger partial charge is 0.379 e. The molecule has 0 aliphatic heterocycles. The Hall–Kier alpha value is 0.270. The maximum Gasteiger partial charge on any atom is 0.0700 e. The summed E-state index contributed by atoms with van der Waals surface area (Å²) in [6.07, 6.45) is 5.50. The lowest BCUT2D eigenvalue weighted by Crippen LogP contribution is -2.14. The standard InChI is InChI=1S/C10H20O2S/c13-9-8-12-7-6-11-5-4-10-2-1-3-10/h10,13H,1-9H2. The van der Waals surface area contributed by atoms with Crippen molar-refractivity contribution in [3.05, 3.63) is 0 Å². The van der Waals surface area contributed by atoms with Gasteiger partial charge in [-0.25, -0.2) is 0 Å². The molecule has 0 bridgehead atoms. The van der Waals surface area contributed by atoms with Gasteiger partial charge in [0.1, 0.15) is 0 Å². The van der Waals surface area contributed by atoms with Crippen molar-refractivity contribution in [2.45, 2.75) is 25.7 Å². The molecule has 2 nitrogen and oxygen atoms in total. The zero-order valence-electron chi connectivity index (χ0n) is 8.21. The molecule has 1 fully saturated rings. The SMILES string of the molecule is SCCOCCOCCC1CCC1. The Labute approximate surface area is 86.4 Å². The second-order valence-electron chi connectivity index (χ2n) is 3.53. The van der Waals surface area contributed by atoms with Crippen LogP contribution in [-0.4, -0.2) is 32.2 Å². The van der Waals surface area contributed by atoms with Crippen LogP contribution in [0.25, 0.3) is 0 Å². The molecule has 0 radical (unpaired) electrons. The third kappa shape index (κ3) is 5.55. The number of ether oxygens (including phenoxy) is 2. The molecule has 0 heterocycles. The summed E-state index contributed by atoms with van der Waals surface area (Å²) in [6, 6.07) is 0. The van der Waals surface area contributed by atoms with Crippen molar-refractivity contribution in [3.63, 3.8) is 0 Å². The number of hydrogen-bond acceptors (Lipinski definition) is 3. The molecule has 1 aliphatic carbocycles. The van der Waals surface area contributed by atoms with E-state index in [4.69, 9.17) is 9.47 Å². The third-order valence-corrected chi connectivity index (χ3v) is 2.69. The van der Waals surface area contributed by atoms with Gasteiger partial charge in [0.15, 0.2) is 0 Å². The molecule has 1 rings (SSSR count). The summed E-state index contributed by atoms with van der Waals surface area (Å²) >= 11 is 4.05. The maximum absolute atomic E-state index is 5.44. The van der Waals surface area contributed by atoms with Crippen molar-refractivity contribution >= 4 is 12.6 Å². The summed E-state index contributed by atoms with van der Waals surface area (Å²) in [6.45, 7) is 3.09. The first-order chi connectivity index (χ1) is 6.43. The van der Waals surface area contributed by atoms with Crippen molar-refractivity contribution in [2.24, 2.45) is 5.92 Å². The number of rotatable bonds is 8. The number of thiol groups is 1. The molecule has 3 heteroatoms. The lowest BCUT2D eigenvalue weighted by molar-refractivity contribution is 0.0441.